The zero-order chi connectivity index (χ0) is 22.9. The van der Waals surface area contributed by atoms with Crippen molar-refractivity contribution in [1.29, 1.82) is 0 Å². The van der Waals surface area contributed by atoms with Crippen LogP contribution in [0.25, 0.3) is 5.65 Å². The maximum atomic E-state index is 13.0. The van der Waals surface area contributed by atoms with Crippen LogP contribution in [-0.4, -0.2) is 38.6 Å². The summed E-state index contributed by atoms with van der Waals surface area (Å²) in [5.41, 5.74) is 3.72. The van der Waals surface area contributed by atoms with E-state index in [1.165, 1.54) is 5.01 Å². The highest BCUT2D eigenvalue weighted by Gasteiger charge is 2.29. The van der Waals surface area contributed by atoms with E-state index in [4.69, 9.17) is 9.47 Å². The molecule has 6 rings (SSSR count). The number of rotatable bonds is 2. The molecule has 1 N–H and O–H groups in total. The SMILES string of the molecule is O=C(Nc1cccc(C#Cc2cnc3cccnn23)c1)N1N=CCC1c1ccc2c(c1)OCO2. The predicted molar refractivity (Wildman–Crippen MR) is 125 cm³/mol. The molecule has 1 unspecified atom stereocenters. The summed E-state index contributed by atoms with van der Waals surface area (Å²) in [4.78, 5) is 17.3. The van der Waals surface area contributed by atoms with Gasteiger partial charge in [-0.3, -0.25) is 0 Å². The van der Waals surface area contributed by atoms with Crippen LogP contribution in [0.15, 0.2) is 72.1 Å². The second-order valence-corrected chi connectivity index (χ2v) is 7.70. The monoisotopic (exact) mass is 450 g/mol. The van der Waals surface area contributed by atoms with E-state index in [9.17, 15) is 4.79 Å². The summed E-state index contributed by atoms with van der Waals surface area (Å²) in [7, 11) is 0. The second kappa shape index (κ2) is 8.26. The Labute approximate surface area is 194 Å². The van der Waals surface area contributed by atoms with E-state index >= 15 is 0 Å². The van der Waals surface area contributed by atoms with Crippen molar-refractivity contribution in [2.75, 3.05) is 12.1 Å². The summed E-state index contributed by atoms with van der Waals surface area (Å²) in [6.07, 6.45) is 5.73. The predicted octanol–water partition coefficient (Wildman–Crippen LogP) is 3.82. The molecule has 0 aliphatic carbocycles. The largest absolute Gasteiger partial charge is 0.454 e. The fourth-order valence-electron chi connectivity index (χ4n) is 3.91. The highest BCUT2D eigenvalue weighted by atomic mass is 16.7. The van der Waals surface area contributed by atoms with Crippen LogP contribution in [0.5, 0.6) is 11.5 Å². The van der Waals surface area contributed by atoms with Crippen LogP contribution >= 0.6 is 0 Å². The lowest BCUT2D eigenvalue weighted by Gasteiger charge is -2.22. The molecule has 9 nitrogen and oxygen atoms in total. The molecule has 0 saturated heterocycles. The van der Waals surface area contributed by atoms with Crippen LogP contribution in [0.4, 0.5) is 10.5 Å². The van der Waals surface area contributed by atoms with Gasteiger partial charge in [-0.05, 0) is 53.9 Å². The molecule has 0 radical (unpaired) electrons. The summed E-state index contributed by atoms with van der Waals surface area (Å²) >= 11 is 0. The highest BCUT2D eigenvalue weighted by Crippen LogP contribution is 2.37. The first-order chi connectivity index (χ1) is 16.7. The number of ether oxygens (including phenoxy) is 2. The number of urea groups is 1. The number of amides is 2. The molecule has 2 aliphatic rings. The number of anilines is 1. The zero-order valence-electron chi connectivity index (χ0n) is 17.9. The second-order valence-electron chi connectivity index (χ2n) is 7.70. The van der Waals surface area contributed by atoms with Gasteiger partial charge in [-0.1, -0.05) is 18.1 Å². The van der Waals surface area contributed by atoms with Crippen LogP contribution in [-0.2, 0) is 0 Å². The summed E-state index contributed by atoms with van der Waals surface area (Å²) in [6.45, 7) is 0.206. The summed E-state index contributed by atoms with van der Waals surface area (Å²) in [5.74, 6) is 7.58. The van der Waals surface area contributed by atoms with Crippen LogP contribution in [0, 0.1) is 11.8 Å². The number of aromatic nitrogens is 3. The molecule has 2 aromatic carbocycles. The van der Waals surface area contributed by atoms with Gasteiger partial charge in [-0.25, -0.2) is 19.3 Å². The molecule has 0 spiro atoms. The highest BCUT2D eigenvalue weighted by molar-refractivity contribution is 5.91. The van der Waals surface area contributed by atoms with E-state index in [0.717, 1.165) is 16.8 Å². The number of benzene rings is 2. The van der Waals surface area contributed by atoms with Crippen LogP contribution in [0.2, 0.25) is 0 Å². The fourth-order valence-corrected chi connectivity index (χ4v) is 3.91. The van der Waals surface area contributed by atoms with Crippen molar-refractivity contribution in [3.05, 3.63) is 83.8 Å². The van der Waals surface area contributed by atoms with Gasteiger partial charge in [0.1, 0.15) is 5.69 Å². The van der Waals surface area contributed by atoms with E-state index in [2.05, 4.69) is 32.3 Å². The first kappa shape index (κ1) is 19.8. The summed E-state index contributed by atoms with van der Waals surface area (Å²) in [6, 6.07) is 16.2. The summed E-state index contributed by atoms with van der Waals surface area (Å²) in [5, 5.41) is 12.9. The minimum absolute atomic E-state index is 0.206. The summed E-state index contributed by atoms with van der Waals surface area (Å²) < 4.78 is 12.5. The average molecular weight is 450 g/mol. The van der Waals surface area contributed by atoms with Crippen molar-refractivity contribution in [2.24, 2.45) is 5.10 Å². The Morgan fingerprint density at radius 2 is 2.00 bits per heavy atom. The van der Waals surface area contributed by atoms with Gasteiger partial charge in [0.05, 0.1) is 12.2 Å². The van der Waals surface area contributed by atoms with E-state index in [0.29, 0.717) is 29.3 Å². The van der Waals surface area contributed by atoms with Crippen molar-refractivity contribution in [3.63, 3.8) is 0 Å². The number of nitrogens with zero attached hydrogens (tertiary/aromatic N) is 5. The Morgan fingerprint density at radius 3 is 2.97 bits per heavy atom. The topological polar surface area (TPSA) is 93.4 Å². The minimum Gasteiger partial charge on any atom is -0.454 e. The van der Waals surface area contributed by atoms with Gasteiger partial charge in [-0.2, -0.15) is 10.2 Å². The van der Waals surface area contributed by atoms with Gasteiger partial charge in [0, 0.05) is 30.1 Å². The van der Waals surface area contributed by atoms with Gasteiger partial charge >= 0.3 is 6.03 Å². The number of hydrogen-bond donors (Lipinski definition) is 1. The van der Waals surface area contributed by atoms with E-state index in [-0.39, 0.29) is 18.9 Å². The molecule has 0 fully saturated rings. The third-order valence-electron chi connectivity index (χ3n) is 5.55. The molecule has 2 aliphatic heterocycles. The number of carbonyl (C=O) groups excluding carboxylic acids is 1. The molecule has 0 saturated carbocycles. The molecule has 9 heteroatoms. The number of carbonyl (C=O) groups is 1. The molecule has 34 heavy (non-hydrogen) atoms. The fraction of sp³-hybridized carbons (Fsp3) is 0.120. The number of hydrogen-bond acceptors (Lipinski definition) is 6. The third-order valence-corrected chi connectivity index (χ3v) is 5.55. The lowest BCUT2D eigenvalue weighted by atomic mass is 10.0. The Balaban J connectivity index is 1.19. The standard InChI is InChI=1S/C25H18N6O3/c32-25(31-21(10-12-28-31)18-7-9-22-23(14-18)34-16-33-22)29-19-4-1-3-17(13-19)6-8-20-15-26-24-5-2-11-27-30(20)24/h1-5,7,9,11-15,21H,10,16H2,(H,29,32). The Bertz CT molecular complexity index is 1500. The van der Waals surface area contributed by atoms with Gasteiger partial charge in [0.15, 0.2) is 17.1 Å². The van der Waals surface area contributed by atoms with Gasteiger partial charge in [-0.15, -0.1) is 0 Å². The Hall–Kier alpha value is -4.84. The first-order valence-corrected chi connectivity index (χ1v) is 10.7. The maximum absolute atomic E-state index is 13.0. The molecule has 1 atom stereocenters. The molecule has 0 bridgehead atoms. The normalized spacial score (nSPS) is 15.9. The van der Waals surface area contributed by atoms with Crippen molar-refractivity contribution in [1.82, 2.24) is 19.6 Å². The third kappa shape index (κ3) is 3.67. The first-order valence-electron chi connectivity index (χ1n) is 10.7. The van der Waals surface area contributed by atoms with Crippen LogP contribution in [0.3, 0.4) is 0 Å². The average Bonchev–Trinajstić information content (AvgIpc) is 3.62. The molecule has 2 aromatic heterocycles. The van der Waals surface area contributed by atoms with Crippen molar-refractivity contribution < 1.29 is 14.3 Å². The molecule has 4 aromatic rings. The number of nitrogens with one attached hydrogen (secondary N) is 1. The number of hydrazone groups is 1. The molecular weight excluding hydrogens is 432 g/mol. The lowest BCUT2D eigenvalue weighted by molar-refractivity contribution is 0.173. The zero-order valence-corrected chi connectivity index (χ0v) is 17.9. The molecule has 4 heterocycles. The van der Waals surface area contributed by atoms with Crippen molar-refractivity contribution >= 4 is 23.6 Å². The van der Waals surface area contributed by atoms with E-state index in [1.807, 2.05) is 54.6 Å². The van der Waals surface area contributed by atoms with Crippen molar-refractivity contribution in [3.8, 4) is 23.3 Å². The van der Waals surface area contributed by atoms with E-state index < -0.39 is 0 Å². The molecular formula is C25H18N6O3. The lowest BCUT2D eigenvalue weighted by Crippen LogP contribution is -2.31. The van der Waals surface area contributed by atoms with Gasteiger partial charge < -0.3 is 14.8 Å². The number of imidazole rings is 1. The van der Waals surface area contributed by atoms with Gasteiger partial charge in [0.25, 0.3) is 0 Å². The van der Waals surface area contributed by atoms with E-state index in [1.54, 1.807) is 23.1 Å². The van der Waals surface area contributed by atoms with Crippen LogP contribution in [0.1, 0.15) is 29.3 Å². The van der Waals surface area contributed by atoms with Gasteiger partial charge in [0.2, 0.25) is 6.79 Å². The number of fused-ring (bicyclic) bond motifs is 2. The molecule has 2 amide bonds. The van der Waals surface area contributed by atoms with Crippen LogP contribution < -0.4 is 14.8 Å². The Morgan fingerprint density at radius 1 is 1.06 bits per heavy atom. The molecule has 166 valence electrons. The minimum atomic E-state index is -0.326. The van der Waals surface area contributed by atoms with Crippen molar-refractivity contribution in [2.45, 2.75) is 12.5 Å². The maximum Gasteiger partial charge on any atom is 0.342 e. The smallest absolute Gasteiger partial charge is 0.342 e. The quantitative estimate of drug-likeness (QED) is 0.469. The Kier molecular flexibility index (Phi) is 4.81.